The van der Waals surface area contributed by atoms with Gasteiger partial charge in [0.2, 0.25) is 0 Å². The van der Waals surface area contributed by atoms with Gasteiger partial charge in [0, 0.05) is 13.0 Å². The molecule has 3 heterocycles. The van der Waals surface area contributed by atoms with E-state index in [4.69, 9.17) is 14.6 Å². The van der Waals surface area contributed by atoms with Gasteiger partial charge in [-0.05, 0) is 36.5 Å². The third kappa shape index (κ3) is 16.4. The molecule has 43 heavy (non-hydrogen) atoms. The lowest BCUT2D eigenvalue weighted by Crippen LogP contribution is -2.19. The van der Waals surface area contributed by atoms with Crippen LogP contribution in [0.3, 0.4) is 0 Å². The van der Waals surface area contributed by atoms with Crippen LogP contribution >= 0.6 is 0 Å². The predicted molar refractivity (Wildman–Crippen MR) is 170 cm³/mol. The number of carbonyl (C=O) groups is 3. The highest BCUT2D eigenvalue weighted by molar-refractivity contribution is 5.72. The standard InChI is InChI=1S/C20H22N4O3.C4H8O.C4H10.C2H5NO2.C2H6/c1-21-20-17-9-8-16(24(17)23-13-22-20)18-10-7-15(27-18)12-26-19(25)11-14-5-3-2-4-6-14;1-4(2)3-5;1-4(2)3;3-1-2(4)5;1-2/h2-6,8-9,13,15,18H,7,10-12H2,1H3,(H,21,22,23);3-4H,1-2H3;4H,1-3H3;1,3H2,(H,4,5);1-2H3. The topological polar surface area (TPSA) is 158 Å². The quantitative estimate of drug-likeness (QED) is 0.227. The fraction of sp³-hybridized carbons (Fsp3) is 0.531. The van der Waals surface area contributed by atoms with Crippen LogP contribution < -0.4 is 11.1 Å². The molecule has 2 unspecified atom stereocenters. The molecule has 0 aliphatic carbocycles. The lowest BCUT2D eigenvalue weighted by molar-refractivity contribution is -0.147. The van der Waals surface area contributed by atoms with E-state index in [1.807, 2.05) is 81.7 Å². The number of fused-ring (bicyclic) bond motifs is 1. The van der Waals surface area contributed by atoms with Crippen LogP contribution in [-0.2, 0) is 30.3 Å². The number of ether oxygens (including phenoxy) is 2. The van der Waals surface area contributed by atoms with Crippen molar-refractivity contribution in [3.63, 3.8) is 0 Å². The maximum Gasteiger partial charge on any atom is 0.317 e. The minimum Gasteiger partial charge on any atom is -0.480 e. The summed E-state index contributed by atoms with van der Waals surface area (Å²) in [5.41, 5.74) is 7.42. The summed E-state index contributed by atoms with van der Waals surface area (Å²) < 4.78 is 13.4. The third-order valence-electron chi connectivity index (χ3n) is 5.22. The van der Waals surface area contributed by atoms with Crippen molar-refractivity contribution in [1.29, 1.82) is 0 Å². The molecule has 0 spiro atoms. The van der Waals surface area contributed by atoms with Crippen LogP contribution in [0.1, 0.15) is 78.7 Å². The van der Waals surface area contributed by atoms with E-state index in [0.717, 1.165) is 47.6 Å². The number of carboxylic acids is 1. The molecule has 0 saturated carbocycles. The Morgan fingerprint density at radius 3 is 2.21 bits per heavy atom. The van der Waals surface area contributed by atoms with Crippen LogP contribution in [0.15, 0.2) is 48.8 Å². The SMILES string of the molecule is CC.CC(C)C.CC(C)C=O.CNc1ncnn2c(C3CCC(COC(=O)Cc4ccccc4)O3)ccc12.NCC(=O)O. The third-order valence-corrected chi connectivity index (χ3v) is 5.22. The summed E-state index contributed by atoms with van der Waals surface area (Å²) in [6.45, 7) is 14.2. The zero-order chi connectivity index (χ0) is 32.8. The Labute approximate surface area is 256 Å². The second kappa shape index (κ2) is 22.7. The summed E-state index contributed by atoms with van der Waals surface area (Å²) >= 11 is 0. The van der Waals surface area contributed by atoms with Crippen LogP contribution in [0.2, 0.25) is 0 Å². The van der Waals surface area contributed by atoms with Gasteiger partial charge in [-0.1, -0.05) is 78.8 Å². The van der Waals surface area contributed by atoms with Gasteiger partial charge in [0.1, 0.15) is 30.8 Å². The van der Waals surface area contributed by atoms with E-state index in [9.17, 15) is 14.4 Å². The van der Waals surface area contributed by atoms with Crippen LogP contribution in [-0.4, -0.2) is 64.2 Å². The minimum absolute atomic E-state index is 0.0649. The monoisotopic (exact) mass is 601 g/mol. The number of nitrogens with one attached hydrogen (secondary N) is 1. The number of hydrogen-bond acceptors (Lipinski definition) is 9. The van der Waals surface area contributed by atoms with Crippen molar-refractivity contribution in [3.05, 3.63) is 60.0 Å². The van der Waals surface area contributed by atoms with Crippen molar-refractivity contribution >= 4 is 29.6 Å². The number of rotatable bonds is 8. The molecule has 11 nitrogen and oxygen atoms in total. The molecule has 0 amide bonds. The van der Waals surface area contributed by atoms with E-state index in [0.29, 0.717) is 0 Å². The molecule has 0 radical (unpaired) electrons. The highest BCUT2D eigenvalue weighted by atomic mass is 16.6. The summed E-state index contributed by atoms with van der Waals surface area (Å²) in [5, 5.41) is 15.0. The number of nitrogens with two attached hydrogens (primary N) is 1. The number of benzene rings is 1. The maximum atomic E-state index is 12.0. The van der Waals surface area contributed by atoms with E-state index in [-0.39, 0.29) is 43.7 Å². The van der Waals surface area contributed by atoms with Crippen molar-refractivity contribution in [2.75, 3.05) is 25.5 Å². The highest BCUT2D eigenvalue weighted by Gasteiger charge is 2.30. The summed E-state index contributed by atoms with van der Waals surface area (Å²) in [4.78, 5) is 35.0. The molecular weight excluding hydrogens is 550 g/mol. The second-order valence-corrected chi connectivity index (χ2v) is 10.3. The fourth-order valence-electron chi connectivity index (χ4n) is 3.44. The number of aromatic nitrogens is 3. The predicted octanol–water partition coefficient (Wildman–Crippen LogP) is 5.34. The van der Waals surface area contributed by atoms with Crippen molar-refractivity contribution in [1.82, 2.24) is 14.6 Å². The molecule has 4 rings (SSSR count). The highest BCUT2D eigenvalue weighted by Crippen LogP contribution is 2.34. The van der Waals surface area contributed by atoms with Gasteiger partial charge < -0.3 is 30.4 Å². The number of anilines is 1. The van der Waals surface area contributed by atoms with E-state index in [1.165, 1.54) is 6.33 Å². The molecule has 3 aromatic rings. The van der Waals surface area contributed by atoms with Crippen LogP contribution in [0.5, 0.6) is 0 Å². The van der Waals surface area contributed by atoms with Gasteiger partial charge >= 0.3 is 11.9 Å². The number of carboxylic acid groups (broad SMARTS) is 1. The lowest BCUT2D eigenvalue weighted by atomic mass is 10.1. The van der Waals surface area contributed by atoms with E-state index < -0.39 is 5.97 Å². The number of carbonyl (C=O) groups excluding carboxylic acids is 2. The summed E-state index contributed by atoms with van der Waals surface area (Å²) in [6, 6.07) is 13.6. The van der Waals surface area contributed by atoms with E-state index >= 15 is 0 Å². The van der Waals surface area contributed by atoms with Crippen LogP contribution in [0.4, 0.5) is 5.82 Å². The molecule has 240 valence electrons. The van der Waals surface area contributed by atoms with E-state index in [2.05, 4.69) is 41.9 Å². The van der Waals surface area contributed by atoms with Gasteiger partial charge in [-0.15, -0.1) is 0 Å². The lowest BCUT2D eigenvalue weighted by Gasteiger charge is -2.14. The van der Waals surface area contributed by atoms with Gasteiger partial charge in [-0.3, -0.25) is 9.59 Å². The van der Waals surface area contributed by atoms with Crippen molar-refractivity contribution < 1.29 is 29.0 Å². The molecule has 1 aromatic carbocycles. The Balaban J connectivity index is 0.000000918. The molecule has 2 aromatic heterocycles. The summed E-state index contributed by atoms with van der Waals surface area (Å²) in [7, 11) is 1.83. The van der Waals surface area contributed by atoms with Gasteiger partial charge in [-0.2, -0.15) is 5.10 Å². The number of hydrogen-bond donors (Lipinski definition) is 3. The molecule has 4 N–H and O–H groups in total. The first-order valence-electron chi connectivity index (χ1n) is 14.7. The van der Waals surface area contributed by atoms with Crippen LogP contribution in [0, 0.1) is 11.8 Å². The first-order valence-corrected chi connectivity index (χ1v) is 14.7. The number of aliphatic carboxylic acids is 1. The second-order valence-electron chi connectivity index (χ2n) is 10.3. The minimum atomic E-state index is -0.968. The normalized spacial score (nSPS) is 15.0. The molecule has 11 heteroatoms. The number of aldehydes is 1. The molecule has 1 aliphatic rings. The molecule has 2 atom stereocenters. The Morgan fingerprint density at radius 2 is 1.70 bits per heavy atom. The zero-order valence-corrected chi connectivity index (χ0v) is 26.9. The van der Waals surface area contributed by atoms with Crippen molar-refractivity contribution in [2.45, 2.75) is 79.9 Å². The molecule has 1 saturated heterocycles. The number of esters is 1. The first-order chi connectivity index (χ1) is 20.5. The van der Waals surface area contributed by atoms with Gasteiger partial charge in [0.15, 0.2) is 5.82 Å². The average molecular weight is 602 g/mol. The smallest absolute Gasteiger partial charge is 0.317 e. The van der Waals surface area contributed by atoms with Crippen molar-refractivity contribution in [2.24, 2.45) is 17.6 Å². The molecule has 1 aliphatic heterocycles. The van der Waals surface area contributed by atoms with Gasteiger partial charge in [-0.25, -0.2) is 9.50 Å². The van der Waals surface area contributed by atoms with E-state index in [1.54, 1.807) is 0 Å². The first kappa shape index (κ1) is 39.2. The Bertz CT molecular complexity index is 1180. The summed E-state index contributed by atoms with van der Waals surface area (Å²) in [6.07, 6.45) is 4.28. The zero-order valence-electron chi connectivity index (χ0n) is 26.9. The van der Waals surface area contributed by atoms with Crippen molar-refractivity contribution in [3.8, 4) is 0 Å². The summed E-state index contributed by atoms with van der Waals surface area (Å²) in [5.74, 6) is 0.619. The molecule has 1 fully saturated rings. The molecule has 0 bridgehead atoms. The fourth-order valence-corrected chi connectivity index (χ4v) is 3.44. The average Bonchev–Trinajstić information content (AvgIpc) is 3.65. The van der Waals surface area contributed by atoms with Gasteiger partial charge in [0.25, 0.3) is 0 Å². The largest absolute Gasteiger partial charge is 0.480 e. The number of nitrogens with zero attached hydrogens (tertiary/aromatic N) is 3. The Kier molecular flexibility index (Phi) is 20.7. The van der Waals surface area contributed by atoms with Gasteiger partial charge in [0.05, 0.1) is 24.8 Å². The Morgan fingerprint density at radius 1 is 1.12 bits per heavy atom. The van der Waals surface area contributed by atoms with Crippen LogP contribution in [0.25, 0.3) is 5.52 Å². The Hall–Kier alpha value is -3.83. The maximum absolute atomic E-state index is 12.0. The molecular formula is C32H51N5O6.